The lowest BCUT2D eigenvalue weighted by Crippen LogP contribution is -2.46. The lowest BCUT2D eigenvalue weighted by atomic mass is 9.91. The molecule has 2 aromatic carbocycles. The van der Waals surface area contributed by atoms with E-state index in [2.05, 4.69) is 71.1 Å². The second-order valence-corrected chi connectivity index (χ2v) is 11.8. The summed E-state index contributed by atoms with van der Waals surface area (Å²) in [7, 11) is 2.14. The molecule has 1 aromatic heterocycles. The highest BCUT2D eigenvalue weighted by atomic mass is 16.6. The van der Waals surface area contributed by atoms with Crippen molar-refractivity contribution in [3.8, 4) is 12.1 Å². The maximum Gasteiger partial charge on any atom is 0.404 e. The van der Waals surface area contributed by atoms with E-state index in [0.717, 1.165) is 43.0 Å². The Kier molecular flexibility index (Phi) is 8.02. The number of likely N-dealkylation sites (tertiary alicyclic amines) is 1. The molecule has 0 unspecified atom stereocenters. The van der Waals surface area contributed by atoms with Gasteiger partial charge in [-0.2, -0.15) is 15.2 Å². The van der Waals surface area contributed by atoms with Crippen molar-refractivity contribution in [2.24, 2.45) is 11.7 Å². The number of benzene rings is 2. The number of likely N-dealkylation sites (N-methyl/N-ethyl adjacent to an activating group) is 1. The van der Waals surface area contributed by atoms with Crippen molar-refractivity contribution in [2.75, 3.05) is 49.6 Å². The number of rotatable bonds is 7. The summed E-state index contributed by atoms with van der Waals surface area (Å²) in [5.74, 6) is 0.709. The van der Waals surface area contributed by atoms with Gasteiger partial charge in [0, 0.05) is 61.1 Å². The molecule has 42 heavy (non-hydrogen) atoms. The van der Waals surface area contributed by atoms with Gasteiger partial charge in [-0.1, -0.05) is 30.3 Å². The first-order valence-corrected chi connectivity index (χ1v) is 15.0. The normalized spacial score (nSPS) is 22.5. The molecule has 3 atom stereocenters. The Hall–Kier alpha value is -4.10. The fourth-order valence-electron chi connectivity index (χ4n) is 6.87. The third-order valence-corrected chi connectivity index (χ3v) is 9.12. The Bertz CT molecular complexity index is 1500. The van der Waals surface area contributed by atoms with Gasteiger partial charge in [0.2, 0.25) is 0 Å². The summed E-state index contributed by atoms with van der Waals surface area (Å²) in [4.78, 5) is 28.4. The van der Waals surface area contributed by atoms with Crippen molar-refractivity contribution in [1.82, 2.24) is 14.9 Å². The average molecular weight is 570 g/mol. The molecular weight excluding hydrogens is 530 g/mol. The molecule has 10 nitrogen and oxygen atoms in total. The zero-order valence-corrected chi connectivity index (χ0v) is 24.5. The van der Waals surface area contributed by atoms with Crippen molar-refractivity contribution < 1.29 is 14.3 Å². The van der Waals surface area contributed by atoms with Crippen LogP contribution in [-0.4, -0.2) is 72.9 Å². The second kappa shape index (κ2) is 12.0. The van der Waals surface area contributed by atoms with Crippen molar-refractivity contribution in [1.29, 1.82) is 5.26 Å². The Labute approximate surface area is 247 Å². The second-order valence-electron chi connectivity index (χ2n) is 11.8. The maximum atomic E-state index is 11.5. The number of nitrogens with zero attached hydrogens (tertiary/aromatic N) is 6. The summed E-state index contributed by atoms with van der Waals surface area (Å²) in [6.45, 7) is 6.47. The van der Waals surface area contributed by atoms with Gasteiger partial charge in [0.1, 0.15) is 18.5 Å². The molecule has 0 saturated carbocycles. The Morgan fingerprint density at radius 3 is 2.71 bits per heavy atom. The van der Waals surface area contributed by atoms with Gasteiger partial charge in [0.05, 0.1) is 18.3 Å². The van der Waals surface area contributed by atoms with Crippen molar-refractivity contribution in [3.63, 3.8) is 0 Å². The molecule has 10 heteroatoms. The van der Waals surface area contributed by atoms with Crippen LogP contribution in [0.3, 0.4) is 0 Å². The molecule has 4 heterocycles. The van der Waals surface area contributed by atoms with Crippen LogP contribution in [0.25, 0.3) is 10.8 Å². The molecule has 3 aliphatic heterocycles. The van der Waals surface area contributed by atoms with Gasteiger partial charge in [-0.25, -0.2) is 4.79 Å². The molecule has 0 bridgehead atoms. The maximum absolute atomic E-state index is 11.5. The lowest BCUT2D eigenvalue weighted by molar-refractivity contribution is 0.0567. The first kappa shape index (κ1) is 28.0. The van der Waals surface area contributed by atoms with Crippen LogP contribution in [0.5, 0.6) is 6.01 Å². The fourth-order valence-corrected chi connectivity index (χ4v) is 6.87. The van der Waals surface area contributed by atoms with E-state index in [1.165, 1.54) is 28.4 Å². The molecule has 220 valence electrons. The fraction of sp³-hybridized carbons (Fsp3) is 0.500. The summed E-state index contributed by atoms with van der Waals surface area (Å²) in [5.41, 5.74) is 9.90. The number of nitrogens with two attached hydrogens (primary N) is 1. The molecule has 2 saturated heterocycles. The molecule has 3 aromatic rings. The number of nitriles is 1. The SMILES string of the molecule is Cc1cccc2cccc(N3CCc4c(nc(OC[C@@H]5CCCN5C)nc4N4CC[C@@H](OC(N)=O)[C@@H](CC#N)C4)C3)c12. The number of primary amides is 1. The van der Waals surface area contributed by atoms with Crippen LogP contribution in [0.1, 0.15) is 42.5 Å². The van der Waals surface area contributed by atoms with Crippen LogP contribution in [0.2, 0.25) is 0 Å². The van der Waals surface area contributed by atoms with E-state index in [0.29, 0.717) is 44.7 Å². The number of anilines is 2. The number of piperidine rings is 1. The van der Waals surface area contributed by atoms with Gasteiger partial charge >= 0.3 is 12.1 Å². The largest absolute Gasteiger partial charge is 0.462 e. The summed E-state index contributed by atoms with van der Waals surface area (Å²) >= 11 is 0. The van der Waals surface area contributed by atoms with E-state index in [1.54, 1.807) is 0 Å². The standard InChI is InChI=1S/C32H39N7O3/c1-21-6-3-7-22-8-4-10-27(29(21)22)38-16-12-25-26(19-38)35-32(41-20-24-9-5-15-37(24)2)36-30(25)39-17-13-28(42-31(34)40)23(18-39)11-14-33/h3-4,6-8,10,23-24,28H,5,9,11-13,15-20H2,1-2H3,(H2,34,40)/t23-,24-,28+/m0/s1. The quantitative estimate of drug-likeness (QED) is 0.447. The molecule has 1 amide bonds. The van der Waals surface area contributed by atoms with Crippen molar-refractivity contribution in [3.05, 3.63) is 53.2 Å². The summed E-state index contributed by atoms with van der Waals surface area (Å²) < 4.78 is 11.7. The van der Waals surface area contributed by atoms with Crippen molar-refractivity contribution in [2.45, 2.75) is 57.7 Å². The number of fused-ring (bicyclic) bond motifs is 2. The van der Waals surface area contributed by atoms with Gasteiger partial charge in [0.25, 0.3) is 0 Å². The first-order valence-electron chi connectivity index (χ1n) is 15.0. The van der Waals surface area contributed by atoms with E-state index < -0.39 is 6.09 Å². The third-order valence-electron chi connectivity index (χ3n) is 9.12. The third kappa shape index (κ3) is 5.66. The van der Waals surface area contributed by atoms with E-state index in [9.17, 15) is 10.1 Å². The molecule has 0 aliphatic carbocycles. The Morgan fingerprint density at radius 2 is 1.95 bits per heavy atom. The lowest BCUT2D eigenvalue weighted by Gasteiger charge is -2.39. The number of amides is 1. The van der Waals surface area contributed by atoms with Gasteiger partial charge < -0.3 is 29.9 Å². The highest BCUT2D eigenvalue weighted by molar-refractivity contribution is 5.97. The molecule has 0 radical (unpaired) electrons. The monoisotopic (exact) mass is 569 g/mol. The zero-order chi connectivity index (χ0) is 29.2. The Balaban J connectivity index is 1.33. The molecule has 2 fully saturated rings. The number of ether oxygens (including phenoxy) is 2. The number of hydrogen-bond donors (Lipinski definition) is 1. The number of aryl methyl sites for hydroxylation is 1. The minimum atomic E-state index is -0.799. The van der Waals surface area contributed by atoms with Gasteiger partial charge in [-0.05, 0) is 56.8 Å². The molecule has 3 aliphatic rings. The van der Waals surface area contributed by atoms with Crippen LogP contribution in [0, 0.1) is 24.2 Å². The van der Waals surface area contributed by atoms with Crippen LogP contribution < -0.4 is 20.3 Å². The summed E-state index contributed by atoms with van der Waals surface area (Å²) in [6, 6.07) is 15.9. The van der Waals surface area contributed by atoms with E-state index >= 15 is 0 Å². The van der Waals surface area contributed by atoms with Crippen LogP contribution in [0.15, 0.2) is 36.4 Å². The summed E-state index contributed by atoms with van der Waals surface area (Å²) in [6.07, 6.45) is 2.74. The predicted octanol–water partition coefficient (Wildman–Crippen LogP) is 4.18. The molecule has 6 rings (SSSR count). The zero-order valence-electron chi connectivity index (χ0n) is 24.5. The number of carbonyl (C=O) groups is 1. The van der Waals surface area contributed by atoms with Crippen LogP contribution >= 0.6 is 0 Å². The van der Waals surface area contributed by atoms with Gasteiger partial charge in [-0.3, -0.25) is 0 Å². The van der Waals surface area contributed by atoms with Crippen LogP contribution in [-0.2, 0) is 17.7 Å². The molecule has 0 spiro atoms. The average Bonchev–Trinajstić information content (AvgIpc) is 3.40. The topological polar surface area (TPSA) is 121 Å². The minimum absolute atomic E-state index is 0.155. The first-order chi connectivity index (χ1) is 20.4. The number of hydrogen-bond acceptors (Lipinski definition) is 9. The van der Waals surface area contributed by atoms with E-state index in [-0.39, 0.29) is 18.4 Å². The van der Waals surface area contributed by atoms with E-state index in [1.807, 2.05) is 0 Å². The highest BCUT2D eigenvalue weighted by Crippen LogP contribution is 2.37. The highest BCUT2D eigenvalue weighted by Gasteiger charge is 2.35. The van der Waals surface area contributed by atoms with E-state index in [4.69, 9.17) is 25.2 Å². The predicted molar refractivity (Wildman–Crippen MR) is 162 cm³/mol. The van der Waals surface area contributed by atoms with Crippen molar-refractivity contribution >= 4 is 28.4 Å². The number of aromatic nitrogens is 2. The van der Waals surface area contributed by atoms with Gasteiger partial charge in [-0.15, -0.1) is 0 Å². The smallest absolute Gasteiger partial charge is 0.404 e. The molecular formula is C32H39N7O3. The van der Waals surface area contributed by atoms with Crippen LogP contribution in [0.4, 0.5) is 16.3 Å². The number of carbonyl (C=O) groups excluding carboxylic acids is 1. The summed E-state index contributed by atoms with van der Waals surface area (Å²) in [5, 5.41) is 12.0. The van der Waals surface area contributed by atoms with Gasteiger partial charge in [0.15, 0.2) is 0 Å². The molecule has 2 N–H and O–H groups in total. The minimum Gasteiger partial charge on any atom is -0.462 e. The Morgan fingerprint density at radius 1 is 1.12 bits per heavy atom.